The van der Waals surface area contributed by atoms with Gasteiger partial charge in [-0.2, -0.15) is 0 Å². The number of rotatable bonds is 6. The Labute approximate surface area is 112 Å². The van der Waals surface area contributed by atoms with Gasteiger partial charge < -0.3 is 16.3 Å². The van der Waals surface area contributed by atoms with Gasteiger partial charge in [0.15, 0.2) is 0 Å². The van der Waals surface area contributed by atoms with E-state index >= 15 is 0 Å². The van der Waals surface area contributed by atoms with Gasteiger partial charge in [0.25, 0.3) is 0 Å². The number of oxime groups is 1. The van der Waals surface area contributed by atoms with Crippen molar-refractivity contribution in [2.24, 2.45) is 10.9 Å². The minimum Gasteiger partial charge on any atom is -0.409 e. The number of hydrogen-bond acceptors (Lipinski definition) is 3. The van der Waals surface area contributed by atoms with Crippen LogP contribution in [-0.4, -0.2) is 17.6 Å². The van der Waals surface area contributed by atoms with Crippen molar-refractivity contribution in [1.82, 2.24) is 0 Å². The molecule has 0 unspecified atom stereocenters. The molecule has 0 aliphatic rings. The van der Waals surface area contributed by atoms with Crippen molar-refractivity contribution in [1.29, 1.82) is 0 Å². The molecule has 0 saturated carbocycles. The second-order valence-electron chi connectivity index (χ2n) is 4.54. The second kappa shape index (κ2) is 6.64. The smallest absolute Gasteiger partial charge is 0.139 e. The van der Waals surface area contributed by atoms with E-state index in [0.29, 0.717) is 12.3 Å². The molecule has 2 rings (SSSR count). The van der Waals surface area contributed by atoms with Crippen LogP contribution in [0.5, 0.6) is 0 Å². The van der Waals surface area contributed by atoms with Gasteiger partial charge in [-0.1, -0.05) is 35.5 Å². The van der Waals surface area contributed by atoms with E-state index in [4.69, 9.17) is 10.9 Å². The summed E-state index contributed by atoms with van der Waals surface area (Å²) in [5, 5.41) is 17.2. The number of nitrogens with zero attached hydrogens (tertiary/aromatic N) is 1. The third kappa shape index (κ3) is 3.88. The minimum atomic E-state index is 0.297. The first-order valence-corrected chi connectivity index (χ1v) is 6.48. The fourth-order valence-electron chi connectivity index (χ4n) is 2.01. The van der Waals surface area contributed by atoms with E-state index in [0.717, 1.165) is 25.1 Å². The molecule has 19 heavy (non-hydrogen) atoms. The zero-order chi connectivity index (χ0) is 13.5. The molecular weight excluding hydrogens is 238 g/mol. The lowest BCUT2D eigenvalue weighted by atomic mass is 10.1. The predicted molar refractivity (Wildman–Crippen MR) is 79.7 cm³/mol. The molecule has 0 bridgehead atoms. The van der Waals surface area contributed by atoms with Crippen molar-refractivity contribution < 1.29 is 5.21 Å². The molecule has 0 heterocycles. The van der Waals surface area contributed by atoms with Gasteiger partial charge in [-0.3, -0.25) is 0 Å². The van der Waals surface area contributed by atoms with E-state index in [-0.39, 0.29) is 0 Å². The van der Waals surface area contributed by atoms with Gasteiger partial charge in [-0.25, -0.2) is 0 Å². The zero-order valence-corrected chi connectivity index (χ0v) is 10.8. The van der Waals surface area contributed by atoms with E-state index in [1.54, 1.807) is 0 Å². The van der Waals surface area contributed by atoms with Crippen molar-refractivity contribution in [3.8, 4) is 0 Å². The molecule has 0 amide bonds. The first-order valence-electron chi connectivity index (χ1n) is 6.48. The number of unbranched alkanes of at least 4 members (excludes halogenated alkanes) is 1. The minimum absolute atomic E-state index is 0.297. The quantitative estimate of drug-likeness (QED) is 0.245. The van der Waals surface area contributed by atoms with E-state index in [1.165, 1.54) is 10.8 Å². The van der Waals surface area contributed by atoms with Crippen LogP contribution in [0.25, 0.3) is 10.8 Å². The molecule has 0 aliphatic carbocycles. The van der Waals surface area contributed by atoms with Crippen LogP contribution in [0.3, 0.4) is 0 Å². The van der Waals surface area contributed by atoms with Crippen molar-refractivity contribution in [2.45, 2.75) is 19.3 Å². The summed E-state index contributed by atoms with van der Waals surface area (Å²) in [5.41, 5.74) is 6.54. The molecule has 0 aliphatic heterocycles. The monoisotopic (exact) mass is 257 g/mol. The number of amidine groups is 1. The molecule has 0 fully saturated rings. The lowest BCUT2D eigenvalue weighted by Gasteiger charge is -2.07. The van der Waals surface area contributed by atoms with E-state index in [1.807, 2.05) is 12.1 Å². The maximum atomic E-state index is 8.42. The molecule has 0 spiro atoms. The second-order valence-corrected chi connectivity index (χ2v) is 4.54. The number of anilines is 1. The SMILES string of the molecule is NC(CCCCNc1ccc2ccccc2c1)=NO. The zero-order valence-electron chi connectivity index (χ0n) is 10.8. The van der Waals surface area contributed by atoms with E-state index in [9.17, 15) is 0 Å². The van der Waals surface area contributed by atoms with Crippen LogP contribution >= 0.6 is 0 Å². The molecule has 0 atom stereocenters. The number of benzene rings is 2. The highest BCUT2D eigenvalue weighted by atomic mass is 16.4. The standard InChI is InChI=1S/C15H19N3O/c16-15(18-19)7-3-4-10-17-14-9-8-12-5-1-2-6-13(12)11-14/h1-2,5-6,8-9,11,17,19H,3-4,7,10H2,(H2,16,18). The molecule has 4 N–H and O–H groups in total. The van der Waals surface area contributed by atoms with Gasteiger partial charge in [0.1, 0.15) is 5.84 Å². The summed E-state index contributed by atoms with van der Waals surface area (Å²) in [6, 6.07) is 14.7. The molecule has 2 aromatic carbocycles. The third-order valence-electron chi connectivity index (χ3n) is 3.07. The fraction of sp³-hybridized carbons (Fsp3) is 0.267. The summed E-state index contributed by atoms with van der Waals surface area (Å²) in [4.78, 5) is 0. The molecule has 0 radical (unpaired) electrons. The Morgan fingerprint density at radius 3 is 2.68 bits per heavy atom. The van der Waals surface area contributed by atoms with E-state index < -0.39 is 0 Å². The first-order chi connectivity index (χ1) is 9.29. The molecule has 2 aromatic rings. The topological polar surface area (TPSA) is 70.6 Å². The Bertz CT molecular complexity index is 566. The fourth-order valence-corrected chi connectivity index (χ4v) is 2.01. The van der Waals surface area contributed by atoms with Gasteiger partial charge in [0.05, 0.1) is 0 Å². The van der Waals surface area contributed by atoms with Crippen molar-refractivity contribution in [3.05, 3.63) is 42.5 Å². The average Bonchev–Trinajstić information content (AvgIpc) is 2.46. The molecule has 4 nitrogen and oxygen atoms in total. The molecule has 0 aromatic heterocycles. The van der Waals surface area contributed by atoms with Crippen LogP contribution < -0.4 is 11.1 Å². The number of fused-ring (bicyclic) bond motifs is 1. The van der Waals surface area contributed by atoms with Crippen LogP contribution in [-0.2, 0) is 0 Å². The van der Waals surface area contributed by atoms with Gasteiger partial charge in [-0.05, 0) is 35.7 Å². The molecule has 4 heteroatoms. The molecule has 0 saturated heterocycles. The maximum absolute atomic E-state index is 8.42. The van der Waals surface area contributed by atoms with Crippen molar-refractivity contribution in [3.63, 3.8) is 0 Å². The van der Waals surface area contributed by atoms with Crippen molar-refractivity contribution >= 4 is 22.3 Å². The molecule has 100 valence electrons. The highest BCUT2D eigenvalue weighted by molar-refractivity contribution is 5.85. The highest BCUT2D eigenvalue weighted by Gasteiger charge is 1.97. The largest absolute Gasteiger partial charge is 0.409 e. The Morgan fingerprint density at radius 2 is 1.89 bits per heavy atom. The number of hydrogen-bond donors (Lipinski definition) is 3. The summed E-state index contributed by atoms with van der Waals surface area (Å²) >= 11 is 0. The Balaban J connectivity index is 1.81. The Kier molecular flexibility index (Phi) is 4.61. The lowest BCUT2D eigenvalue weighted by Crippen LogP contribution is -2.11. The third-order valence-corrected chi connectivity index (χ3v) is 3.07. The van der Waals surface area contributed by atoms with Crippen LogP contribution in [0, 0.1) is 0 Å². The average molecular weight is 257 g/mol. The number of nitrogens with one attached hydrogen (secondary N) is 1. The maximum Gasteiger partial charge on any atom is 0.139 e. The normalized spacial score (nSPS) is 11.7. The summed E-state index contributed by atoms with van der Waals surface area (Å²) in [6.45, 7) is 0.886. The van der Waals surface area contributed by atoms with Crippen molar-refractivity contribution in [2.75, 3.05) is 11.9 Å². The summed E-state index contributed by atoms with van der Waals surface area (Å²) in [5.74, 6) is 0.297. The number of nitrogens with two attached hydrogens (primary N) is 1. The van der Waals surface area contributed by atoms with Crippen LogP contribution in [0.1, 0.15) is 19.3 Å². The summed E-state index contributed by atoms with van der Waals surface area (Å²) in [7, 11) is 0. The van der Waals surface area contributed by atoms with Gasteiger partial charge >= 0.3 is 0 Å². The van der Waals surface area contributed by atoms with E-state index in [2.05, 4.69) is 40.8 Å². The Hall–Kier alpha value is -2.23. The first kappa shape index (κ1) is 13.2. The summed E-state index contributed by atoms with van der Waals surface area (Å²) in [6.07, 6.45) is 2.54. The van der Waals surface area contributed by atoms with Gasteiger partial charge in [0, 0.05) is 18.7 Å². The summed E-state index contributed by atoms with van der Waals surface area (Å²) < 4.78 is 0. The Morgan fingerprint density at radius 1 is 1.11 bits per heavy atom. The van der Waals surface area contributed by atoms with Crippen LogP contribution in [0.4, 0.5) is 5.69 Å². The van der Waals surface area contributed by atoms with Crippen LogP contribution in [0.2, 0.25) is 0 Å². The predicted octanol–water partition coefficient (Wildman–Crippen LogP) is 3.17. The van der Waals surface area contributed by atoms with Crippen LogP contribution in [0.15, 0.2) is 47.6 Å². The highest BCUT2D eigenvalue weighted by Crippen LogP contribution is 2.18. The molecular formula is C15H19N3O. The lowest BCUT2D eigenvalue weighted by molar-refractivity contribution is 0.316. The van der Waals surface area contributed by atoms with Gasteiger partial charge in [-0.15, -0.1) is 0 Å². The van der Waals surface area contributed by atoms with Gasteiger partial charge in [0.2, 0.25) is 0 Å².